The summed E-state index contributed by atoms with van der Waals surface area (Å²) in [5, 5.41) is 2.34. The topological polar surface area (TPSA) is 148 Å². The van der Waals surface area contributed by atoms with Crippen LogP contribution in [0.4, 0.5) is 16.2 Å². The third-order valence-electron chi connectivity index (χ3n) is 4.54. The van der Waals surface area contributed by atoms with Crippen LogP contribution in [0.5, 0.6) is 0 Å². The molecule has 0 unspecified atom stereocenters. The highest BCUT2D eigenvalue weighted by Crippen LogP contribution is 2.19. The van der Waals surface area contributed by atoms with Crippen LogP contribution in [-0.4, -0.2) is 35.9 Å². The van der Waals surface area contributed by atoms with Gasteiger partial charge in [0.2, 0.25) is 0 Å². The quantitative estimate of drug-likeness (QED) is 0.420. The average molecular weight is 504 g/mol. The van der Waals surface area contributed by atoms with E-state index in [1.165, 1.54) is 67.8 Å². The van der Waals surface area contributed by atoms with Crippen LogP contribution in [0.1, 0.15) is 15.9 Å². The number of amides is 2. The van der Waals surface area contributed by atoms with Gasteiger partial charge in [-0.05, 0) is 67.6 Å². The summed E-state index contributed by atoms with van der Waals surface area (Å²) in [4.78, 5) is 23.4. The summed E-state index contributed by atoms with van der Waals surface area (Å²) in [5.74, 6) is -0.548. The highest BCUT2D eigenvalue weighted by molar-refractivity contribution is 7.92. The van der Waals surface area contributed by atoms with Crippen molar-refractivity contribution in [1.82, 2.24) is 4.72 Å². The molecule has 12 heteroatoms. The minimum absolute atomic E-state index is 0.0691. The number of carbonyl (C=O) groups is 2. The lowest BCUT2D eigenvalue weighted by Crippen LogP contribution is -2.34. The first kappa shape index (κ1) is 24.7. The molecule has 0 saturated heterocycles. The SMILES string of the molecule is COC(=O)c1ccc(NS(=O)(=O)c2ccc(NC(=O)NS(=O)(=O)c3ccc(C)cc3)cc2)cc1. The number of aryl methyl sites for hydroxylation is 1. The fraction of sp³-hybridized carbons (Fsp3) is 0.0909. The lowest BCUT2D eigenvalue weighted by molar-refractivity contribution is 0.0600. The van der Waals surface area contributed by atoms with E-state index in [2.05, 4.69) is 14.8 Å². The summed E-state index contributed by atoms with van der Waals surface area (Å²) in [5.41, 5.74) is 1.54. The molecule has 0 aliphatic heterocycles. The molecule has 34 heavy (non-hydrogen) atoms. The zero-order valence-electron chi connectivity index (χ0n) is 18.1. The zero-order chi connectivity index (χ0) is 24.9. The van der Waals surface area contributed by atoms with Crippen LogP contribution in [-0.2, 0) is 24.8 Å². The molecule has 0 atom stereocenters. The lowest BCUT2D eigenvalue weighted by Gasteiger charge is -2.11. The van der Waals surface area contributed by atoms with E-state index in [9.17, 15) is 26.4 Å². The van der Waals surface area contributed by atoms with Crippen molar-refractivity contribution in [1.29, 1.82) is 0 Å². The molecule has 3 aromatic rings. The van der Waals surface area contributed by atoms with Crippen molar-refractivity contribution in [3.63, 3.8) is 0 Å². The van der Waals surface area contributed by atoms with Crippen LogP contribution in [0.15, 0.2) is 82.6 Å². The molecular formula is C22H21N3O7S2. The second-order valence-electron chi connectivity index (χ2n) is 7.07. The third kappa shape index (κ3) is 6.11. The summed E-state index contributed by atoms with van der Waals surface area (Å²) >= 11 is 0. The van der Waals surface area contributed by atoms with Crippen LogP contribution in [0.3, 0.4) is 0 Å². The Morgan fingerprint density at radius 1 is 0.706 bits per heavy atom. The summed E-state index contributed by atoms with van der Waals surface area (Å²) in [7, 11) is -6.79. The third-order valence-corrected chi connectivity index (χ3v) is 7.28. The Labute approximate surface area is 197 Å². The number of carbonyl (C=O) groups excluding carboxylic acids is 2. The van der Waals surface area contributed by atoms with E-state index in [1.54, 1.807) is 19.1 Å². The number of ether oxygens (including phenoxy) is 1. The predicted octanol–water partition coefficient (Wildman–Crippen LogP) is 3.09. The molecular weight excluding hydrogens is 482 g/mol. The summed E-state index contributed by atoms with van der Waals surface area (Å²) < 4.78 is 58.6. The Hall–Kier alpha value is -3.90. The van der Waals surface area contributed by atoms with Gasteiger partial charge < -0.3 is 10.1 Å². The zero-order valence-corrected chi connectivity index (χ0v) is 19.7. The van der Waals surface area contributed by atoms with Gasteiger partial charge in [-0.3, -0.25) is 4.72 Å². The number of sulfonamides is 2. The smallest absolute Gasteiger partial charge is 0.337 e. The lowest BCUT2D eigenvalue weighted by atomic mass is 10.2. The number of methoxy groups -OCH3 is 1. The number of anilines is 2. The van der Waals surface area contributed by atoms with Gasteiger partial charge >= 0.3 is 12.0 Å². The molecule has 0 spiro atoms. The second kappa shape index (κ2) is 9.93. The van der Waals surface area contributed by atoms with Gasteiger partial charge in [0.1, 0.15) is 0 Å². The van der Waals surface area contributed by atoms with Gasteiger partial charge in [-0.15, -0.1) is 0 Å². The molecule has 178 valence electrons. The Kier molecular flexibility index (Phi) is 7.23. The molecule has 0 aromatic heterocycles. The van der Waals surface area contributed by atoms with Gasteiger partial charge in [0.05, 0.1) is 22.5 Å². The molecule has 3 rings (SSSR count). The number of nitrogens with one attached hydrogen (secondary N) is 3. The van der Waals surface area contributed by atoms with E-state index in [4.69, 9.17) is 0 Å². The normalized spacial score (nSPS) is 11.4. The van der Waals surface area contributed by atoms with E-state index in [0.717, 1.165) is 5.56 Å². The Morgan fingerprint density at radius 3 is 1.76 bits per heavy atom. The van der Waals surface area contributed by atoms with Crippen molar-refractivity contribution in [2.75, 3.05) is 17.1 Å². The maximum atomic E-state index is 12.6. The van der Waals surface area contributed by atoms with E-state index in [1.807, 2.05) is 4.72 Å². The number of hydrogen-bond donors (Lipinski definition) is 3. The van der Waals surface area contributed by atoms with E-state index in [-0.39, 0.29) is 26.7 Å². The fourth-order valence-corrected chi connectivity index (χ4v) is 4.74. The minimum atomic E-state index is -4.07. The number of rotatable bonds is 7. The van der Waals surface area contributed by atoms with Crippen molar-refractivity contribution in [2.45, 2.75) is 16.7 Å². The molecule has 0 aliphatic carbocycles. The predicted molar refractivity (Wildman–Crippen MR) is 126 cm³/mol. The van der Waals surface area contributed by atoms with Gasteiger partial charge in [0, 0.05) is 11.4 Å². The Bertz CT molecular complexity index is 1400. The molecule has 3 N–H and O–H groups in total. The standard InChI is InChI=1S/C22H21N3O7S2/c1-15-3-11-19(12-4-15)34(30,31)25-22(27)23-17-9-13-20(14-10-17)33(28,29)24-18-7-5-16(6-8-18)21(26)32-2/h3-14,24H,1-2H3,(H2,23,25,27). The molecule has 3 aromatic carbocycles. The molecule has 0 saturated carbocycles. The van der Waals surface area contributed by atoms with Crippen LogP contribution in [0.25, 0.3) is 0 Å². The monoisotopic (exact) mass is 503 g/mol. The van der Waals surface area contributed by atoms with Gasteiger partial charge in [-0.1, -0.05) is 17.7 Å². The molecule has 0 fully saturated rings. The summed E-state index contributed by atoms with van der Waals surface area (Å²) in [6.07, 6.45) is 0. The summed E-state index contributed by atoms with van der Waals surface area (Å²) in [6, 6.07) is 15.7. The number of urea groups is 1. The fourth-order valence-electron chi connectivity index (χ4n) is 2.78. The highest BCUT2D eigenvalue weighted by atomic mass is 32.2. The van der Waals surface area contributed by atoms with Gasteiger partial charge in [-0.25, -0.2) is 31.1 Å². The van der Waals surface area contributed by atoms with Crippen molar-refractivity contribution >= 4 is 43.4 Å². The highest BCUT2D eigenvalue weighted by Gasteiger charge is 2.18. The van der Waals surface area contributed by atoms with Crippen molar-refractivity contribution < 1.29 is 31.2 Å². The summed E-state index contributed by atoms with van der Waals surface area (Å²) in [6.45, 7) is 1.80. The Morgan fingerprint density at radius 2 is 1.21 bits per heavy atom. The largest absolute Gasteiger partial charge is 0.465 e. The van der Waals surface area contributed by atoms with Gasteiger partial charge in [-0.2, -0.15) is 0 Å². The van der Waals surface area contributed by atoms with Crippen LogP contribution in [0.2, 0.25) is 0 Å². The first-order valence-electron chi connectivity index (χ1n) is 9.72. The van der Waals surface area contributed by atoms with Crippen molar-refractivity contribution in [2.24, 2.45) is 0 Å². The maximum absolute atomic E-state index is 12.6. The van der Waals surface area contributed by atoms with Gasteiger partial charge in [0.25, 0.3) is 20.0 Å². The second-order valence-corrected chi connectivity index (χ2v) is 10.4. The first-order chi connectivity index (χ1) is 16.0. The molecule has 0 aliphatic rings. The molecule has 2 amide bonds. The van der Waals surface area contributed by atoms with Crippen molar-refractivity contribution in [3.05, 3.63) is 83.9 Å². The molecule has 0 bridgehead atoms. The van der Waals surface area contributed by atoms with E-state index in [0.29, 0.717) is 0 Å². The average Bonchev–Trinajstić information content (AvgIpc) is 2.79. The first-order valence-corrected chi connectivity index (χ1v) is 12.7. The van der Waals surface area contributed by atoms with E-state index >= 15 is 0 Å². The van der Waals surface area contributed by atoms with Crippen LogP contribution >= 0.6 is 0 Å². The molecule has 0 heterocycles. The molecule has 0 radical (unpaired) electrons. The Balaban J connectivity index is 1.65. The number of esters is 1. The van der Waals surface area contributed by atoms with Crippen molar-refractivity contribution in [3.8, 4) is 0 Å². The number of hydrogen-bond acceptors (Lipinski definition) is 7. The van der Waals surface area contributed by atoms with Crippen LogP contribution < -0.4 is 14.8 Å². The molecule has 10 nitrogen and oxygen atoms in total. The minimum Gasteiger partial charge on any atom is -0.465 e. The van der Waals surface area contributed by atoms with Gasteiger partial charge in [0.15, 0.2) is 0 Å². The van der Waals surface area contributed by atoms with E-state index < -0.39 is 32.0 Å². The number of benzene rings is 3. The maximum Gasteiger partial charge on any atom is 0.337 e. The van der Waals surface area contributed by atoms with Crippen LogP contribution in [0, 0.1) is 6.92 Å².